The molecule has 0 spiro atoms. The monoisotopic (exact) mass is 250 g/mol. The van der Waals surface area contributed by atoms with Gasteiger partial charge in [0.25, 0.3) is 0 Å². The smallest absolute Gasteiger partial charge is 0.311 e. The summed E-state index contributed by atoms with van der Waals surface area (Å²) in [4.78, 5) is 11.6. The second kappa shape index (κ2) is 7.17. The third-order valence-corrected chi connectivity index (χ3v) is 3.18. The van der Waals surface area contributed by atoms with E-state index >= 15 is 0 Å². The minimum absolute atomic E-state index is 0.0724. The second-order valence-electron chi connectivity index (χ2n) is 4.88. The number of aliphatic hydroxyl groups is 1. The summed E-state index contributed by atoms with van der Waals surface area (Å²) in [6.07, 6.45) is 0.683. The fraction of sp³-hybridized carbons (Fsp3) is 0.533. The summed E-state index contributed by atoms with van der Waals surface area (Å²) in [7, 11) is 1.36. The van der Waals surface area contributed by atoms with E-state index in [9.17, 15) is 9.90 Å². The Morgan fingerprint density at radius 2 is 1.89 bits per heavy atom. The number of aliphatic hydroxyl groups excluding tert-OH is 1. The Bertz CT molecular complexity index is 359. The Morgan fingerprint density at radius 3 is 2.39 bits per heavy atom. The fourth-order valence-corrected chi connectivity index (χ4v) is 2.15. The van der Waals surface area contributed by atoms with Crippen LogP contribution >= 0.6 is 0 Å². The van der Waals surface area contributed by atoms with Crippen molar-refractivity contribution in [3.8, 4) is 0 Å². The van der Waals surface area contributed by atoms with Crippen molar-refractivity contribution in [2.75, 3.05) is 7.11 Å². The average molecular weight is 250 g/mol. The first kappa shape index (κ1) is 14.7. The van der Waals surface area contributed by atoms with Crippen LogP contribution in [0.25, 0.3) is 0 Å². The van der Waals surface area contributed by atoms with Crippen LogP contribution in [0.3, 0.4) is 0 Å². The van der Waals surface area contributed by atoms with Gasteiger partial charge in [-0.15, -0.1) is 0 Å². The Balaban J connectivity index is 2.57. The van der Waals surface area contributed by atoms with Gasteiger partial charge in [-0.3, -0.25) is 4.79 Å². The van der Waals surface area contributed by atoms with Crippen LogP contribution in [0.2, 0.25) is 0 Å². The number of rotatable bonds is 6. The summed E-state index contributed by atoms with van der Waals surface area (Å²) >= 11 is 0. The van der Waals surface area contributed by atoms with Gasteiger partial charge in [0.2, 0.25) is 0 Å². The summed E-state index contributed by atoms with van der Waals surface area (Å²) in [6, 6.07) is 9.96. The molecule has 0 radical (unpaired) electrons. The van der Waals surface area contributed by atoms with E-state index in [1.807, 2.05) is 44.2 Å². The lowest BCUT2D eigenvalue weighted by molar-refractivity contribution is -0.151. The number of methoxy groups -OCH3 is 1. The van der Waals surface area contributed by atoms with E-state index in [0.29, 0.717) is 6.42 Å². The molecule has 100 valence electrons. The minimum Gasteiger partial charge on any atom is -0.469 e. The number of hydrogen-bond donors (Lipinski definition) is 1. The highest BCUT2D eigenvalue weighted by molar-refractivity contribution is 5.73. The van der Waals surface area contributed by atoms with E-state index < -0.39 is 12.0 Å². The lowest BCUT2D eigenvalue weighted by Gasteiger charge is -2.23. The molecule has 0 fully saturated rings. The minimum atomic E-state index is -0.655. The highest BCUT2D eigenvalue weighted by Crippen LogP contribution is 2.21. The van der Waals surface area contributed by atoms with Crippen LogP contribution in [0.15, 0.2) is 30.3 Å². The molecule has 0 aliphatic heterocycles. The van der Waals surface area contributed by atoms with Crippen LogP contribution in [0.1, 0.15) is 25.8 Å². The highest BCUT2D eigenvalue weighted by atomic mass is 16.5. The molecule has 1 rings (SSSR count). The molecule has 2 unspecified atom stereocenters. The number of benzene rings is 1. The standard InChI is InChI=1S/C15H22O3/c1-11(2)14(15(17)18-3)13(16)10-9-12-7-5-4-6-8-12/h4-8,11,13-14,16H,9-10H2,1-3H3. The maximum atomic E-state index is 11.6. The number of aryl methyl sites for hydroxylation is 1. The van der Waals surface area contributed by atoms with Crippen molar-refractivity contribution in [2.24, 2.45) is 11.8 Å². The maximum Gasteiger partial charge on any atom is 0.311 e. The molecule has 18 heavy (non-hydrogen) atoms. The van der Waals surface area contributed by atoms with Gasteiger partial charge >= 0.3 is 5.97 Å². The van der Waals surface area contributed by atoms with Gasteiger partial charge in [0.15, 0.2) is 0 Å². The molecule has 1 aromatic carbocycles. The predicted octanol–water partition coefficient (Wildman–Crippen LogP) is 2.43. The van der Waals surface area contributed by atoms with Gasteiger partial charge in [0.05, 0.1) is 19.1 Å². The third-order valence-electron chi connectivity index (χ3n) is 3.18. The number of carbonyl (C=O) groups is 1. The molecule has 0 aliphatic rings. The van der Waals surface area contributed by atoms with Crippen LogP contribution in [0, 0.1) is 11.8 Å². The molecule has 0 bridgehead atoms. The third kappa shape index (κ3) is 4.15. The fourth-order valence-electron chi connectivity index (χ4n) is 2.15. The molecule has 3 heteroatoms. The van der Waals surface area contributed by atoms with Crippen LogP contribution in [0.4, 0.5) is 0 Å². The quantitative estimate of drug-likeness (QED) is 0.789. The summed E-state index contributed by atoms with van der Waals surface area (Å²) in [5, 5.41) is 10.1. The first-order valence-electron chi connectivity index (χ1n) is 6.36. The Labute approximate surface area is 109 Å². The molecule has 0 amide bonds. The predicted molar refractivity (Wildman–Crippen MR) is 71.1 cm³/mol. The Kier molecular flexibility index (Phi) is 5.86. The molecule has 0 aliphatic carbocycles. The van der Waals surface area contributed by atoms with E-state index in [0.717, 1.165) is 6.42 Å². The zero-order valence-corrected chi connectivity index (χ0v) is 11.3. The van der Waals surface area contributed by atoms with Crippen molar-refractivity contribution < 1.29 is 14.6 Å². The van der Waals surface area contributed by atoms with Crippen molar-refractivity contribution in [2.45, 2.75) is 32.8 Å². The van der Waals surface area contributed by atoms with E-state index in [1.54, 1.807) is 0 Å². The van der Waals surface area contributed by atoms with Gasteiger partial charge in [-0.05, 0) is 24.3 Å². The normalized spacial score (nSPS) is 14.3. The number of esters is 1. The number of ether oxygens (including phenoxy) is 1. The van der Waals surface area contributed by atoms with Gasteiger partial charge in [0, 0.05) is 0 Å². The van der Waals surface area contributed by atoms with Gasteiger partial charge < -0.3 is 9.84 Å². The zero-order valence-electron chi connectivity index (χ0n) is 11.3. The molecule has 0 aromatic heterocycles. The molecular formula is C15H22O3. The molecule has 1 N–H and O–H groups in total. The van der Waals surface area contributed by atoms with E-state index in [-0.39, 0.29) is 11.9 Å². The summed E-state index contributed by atoms with van der Waals surface area (Å²) < 4.78 is 4.75. The molecule has 1 aromatic rings. The SMILES string of the molecule is COC(=O)C(C(C)C)C(O)CCc1ccccc1. The van der Waals surface area contributed by atoms with Gasteiger partial charge in [-0.1, -0.05) is 44.2 Å². The Hall–Kier alpha value is -1.35. The van der Waals surface area contributed by atoms with Crippen molar-refractivity contribution in [1.82, 2.24) is 0 Å². The summed E-state index contributed by atoms with van der Waals surface area (Å²) in [5.74, 6) is -0.701. The van der Waals surface area contributed by atoms with Crippen molar-refractivity contribution in [3.63, 3.8) is 0 Å². The van der Waals surface area contributed by atoms with Crippen molar-refractivity contribution in [1.29, 1.82) is 0 Å². The second-order valence-corrected chi connectivity index (χ2v) is 4.88. The molecule has 2 atom stereocenters. The Morgan fingerprint density at radius 1 is 1.28 bits per heavy atom. The van der Waals surface area contributed by atoms with Crippen molar-refractivity contribution in [3.05, 3.63) is 35.9 Å². The van der Waals surface area contributed by atoms with Crippen molar-refractivity contribution >= 4 is 5.97 Å². The van der Waals surface area contributed by atoms with Gasteiger partial charge in [-0.2, -0.15) is 0 Å². The molecule has 3 nitrogen and oxygen atoms in total. The van der Waals surface area contributed by atoms with E-state index in [2.05, 4.69) is 0 Å². The van der Waals surface area contributed by atoms with E-state index in [4.69, 9.17) is 4.74 Å². The van der Waals surface area contributed by atoms with E-state index in [1.165, 1.54) is 12.7 Å². The molecule has 0 saturated heterocycles. The summed E-state index contributed by atoms with van der Waals surface area (Å²) in [6.45, 7) is 3.85. The number of hydrogen-bond acceptors (Lipinski definition) is 3. The lowest BCUT2D eigenvalue weighted by atomic mass is 9.87. The molecule has 0 saturated carbocycles. The lowest BCUT2D eigenvalue weighted by Crippen LogP contribution is -2.33. The number of carbonyl (C=O) groups excluding carboxylic acids is 1. The van der Waals surface area contributed by atoms with Gasteiger partial charge in [0.1, 0.15) is 0 Å². The topological polar surface area (TPSA) is 46.5 Å². The molecular weight excluding hydrogens is 228 g/mol. The zero-order chi connectivity index (χ0) is 13.5. The maximum absolute atomic E-state index is 11.6. The molecule has 0 heterocycles. The average Bonchev–Trinajstić information content (AvgIpc) is 2.37. The first-order valence-corrected chi connectivity index (χ1v) is 6.36. The van der Waals surface area contributed by atoms with Gasteiger partial charge in [-0.25, -0.2) is 0 Å². The largest absolute Gasteiger partial charge is 0.469 e. The van der Waals surface area contributed by atoms with Crippen LogP contribution in [0.5, 0.6) is 0 Å². The first-order chi connectivity index (χ1) is 8.56. The van der Waals surface area contributed by atoms with Crippen LogP contribution < -0.4 is 0 Å². The van der Waals surface area contributed by atoms with Crippen LogP contribution in [-0.2, 0) is 16.0 Å². The van der Waals surface area contributed by atoms with Crippen LogP contribution in [-0.4, -0.2) is 24.3 Å². The summed E-state index contributed by atoms with van der Waals surface area (Å²) in [5.41, 5.74) is 1.17. The highest BCUT2D eigenvalue weighted by Gasteiger charge is 2.30.